The van der Waals surface area contributed by atoms with Gasteiger partial charge in [0.25, 0.3) is 0 Å². The zero-order valence-corrected chi connectivity index (χ0v) is 14.2. The summed E-state index contributed by atoms with van der Waals surface area (Å²) in [5, 5.41) is 13.1. The molecule has 1 saturated heterocycles. The van der Waals surface area contributed by atoms with E-state index < -0.39 is 0 Å². The van der Waals surface area contributed by atoms with Crippen LogP contribution in [-0.2, 0) is 0 Å². The Kier molecular flexibility index (Phi) is 5.65. The normalized spacial score (nSPS) is 32.0. The van der Waals surface area contributed by atoms with Gasteiger partial charge in [-0.05, 0) is 79.1 Å². The van der Waals surface area contributed by atoms with Gasteiger partial charge in [-0.2, -0.15) is 5.26 Å². The lowest BCUT2D eigenvalue weighted by molar-refractivity contribution is 0.148. The Bertz CT molecular complexity index is 367. The SMILES string of the molecule is CC(C)NC1(C#N)CCC(N(C)CC2CCN(C)CC2)C1. The van der Waals surface area contributed by atoms with Gasteiger partial charge >= 0.3 is 0 Å². The number of rotatable bonds is 5. The fourth-order valence-corrected chi connectivity index (χ4v) is 4.01. The third-order valence-corrected chi connectivity index (χ3v) is 5.28. The van der Waals surface area contributed by atoms with Crippen molar-refractivity contribution in [3.05, 3.63) is 0 Å². The molecule has 1 aliphatic carbocycles. The van der Waals surface area contributed by atoms with Crippen LogP contribution in [0.4, 0.5) is 0 Å². The second kappa shape index (κ2) is 7.09. The lowest BCUT2D eigenvalue weighted by Gasteiger charge is -2.34. The number of piperidine rings is 1. The summed E-state index contributed by atoms with van der Waals surface area (Å²) in [6.45, 7) is 7.94. The van der Waals surface area contributed by atoms with E-state index in [1.807, 2.05) is 0 Å². The van der Waals surface area contributed by atoms with E-state index in [0.717, 1.165) is 25.2 Å². The minimum Gasteiger partial charge on any atom is -0.306 e. The first-order valence-corrected chi connectivity index (χ1v) is 8.52. The van der Waals surface area contributed by atoms with E-state index in [1.54, 1.807) is 0 Å². The molecule has 1 aliphatic heterocycles. The summed E-state index contributed by atoms with van der Waals surface area (Å²) in [6, 6.07) is 3.50. The molecular formula is C17H32N4. The van der Waals surface area contributed by atoms with Crippen molar-refractivity contribution in [2.45, 2.75) is 63.6 Å². The molecule has 2 rings (SSSR count). The van der Waals surface area contributed by atoms with Crippen molar-refractivity contribution >= 4 is 0 Å². The van der Waals surface area contributed by atoms with Crippen LogP contribution in [0.25, 0.3) is 0 Å². The van der Waals surface area contributed by atoms with Crippen molar-refractivity contribution in [3.8, 4) is 6.07 Å². The van der Waals surface area contributed by atoms with E-state index in [1.165, 1.54) is 32.5 Å². The monoisotopic (exact) mass is 292 g/mol. The first kappa shape index (κ1) is 16.7. The van der Waals surface area contributed by atoms with Crippen LogP contribution >= 0.6 is 0 Å². The quantitative estimate of drug-likeness (QED) is 0.842. The zero-order chi connectivity index (χ0) is 15.5. The Balaban J connectivity index is 1.84. The number of nitriles is 1. The molecule has 0 aromatic rings. The highest BCUT2D eigenvalue weighted by atomic mass is 15.2. The average Bonchev–Trinajstić information content (AvgIpc) is 2.85. The van der Waals surface area contributed by atoms with Crippen LogP contribution in [0.15, 0.2) is 0 Å². The molecule has 2 aliphatic rings. The molecule has 0 aromatic heterocycles. The van der Waals surface area contributed by atoms with Crippen molar-refractivity contribution in [2.75, 3.05) is 33.7 Å². The van der Waals surface area contributed by atoms with Crippen LogP contribution in [-0.4, -0.2) is 61.2 Å². The average molecular weight is 292 g/mol. The smallest absolute Gasteiger partial charge is 0.108 e. The summed E-state index contributed by atoms with van der Waals surface area (Å²) >= 11 is 0. The first-order chi connectivity index (χ1) is 9.94. The summed E-state index contributed by atoms with van der Waals surface area (Å²) in [5.74, 6) is 0.835. The predicted octanol–water partition coefficient (Wildman–Crippen LogP) is 2.07. The molecule has 21 heavy (non-hydrogen) atoms. The van der Waals surface area contributed by atoms with Crippen molar-refractivity contribution in [1.29, 1.82) is 5.26 Å². The summed E-state index contributed by atoms with van der Waals surface area (Å²) in [5.41, 5.74) is -0.292. The van der Waals surface area contributed by atoms with Gasteiger partial charge in [-0.3, -0.25) is 5.32 Å². The predicted molar refractivity (Wildman–Crippen MR) is 87.1 cm³/mol. The molecule has 1 heterocycles. The summed E-state index contributed by atoms with van der Waals surface area (Å²) < 4.78 is 0. The standard InChI is InChI=1S/C17H32N4/c1-14(2)19-17(13-18)8-5-16(11-17)21(4)12-15-6-9-20(3)10-7-15/h14-16,19H,5-12H2,1-4H3. The highest BCUT2D eigenvalue weighted by molar-refractivity contribution is 5.13. The lowest BCUT2D eigenvalue weighted by atomic mass is 9.95. The summed E-state index contributed by atoms with van der Waals surface area (Å²) in [6.07, 6.45) is 5.76. The molecular weight excluding hydrogens is 260 g/mol. The topological polar surface area (TPSA) is 42.3 Å². The van der Waals surface area contributed by atoms with E-state index in [4.69, 9.17) is 0 Å². The minimum absolute atomic E-state index is 0.292. The number of nitrogens with zero attached hydrogens (tertiary/aromatic N) is 3. The highest BCUT2D eigenvalue weighted by Crippen LogP contribution is 2.33. The number of hydrogen-bond donors (Lipinski definition) is 1. The molecule has 4 heteroatoms. The molecule has 0 bridgehead atoms. The van der Waals surface area contributed by atoms with Crippen LogP contribution < -0.4 is 5.32 Å². The van der Waals surface area contributed by atoms with Crippen LogP contribution in [0, 0.1) is 17.2 Å². The zero-order valence-electron chi connectivity index (χ0n) is 14.2. The lowest BCUT2D eigenvalue weighted by Crippen LogP contribution is -2.47. The first-order valence-electron chi connectivity index (χ1n) is 8.52. The fraction of sp³-hybridized carbons (Fsp3) is 0.941. The Morgan fingerprint density at radius 3 is 2.57 bits per heavy atom. The molecule has 2 unspecified atom stereocenters. The van der Waals surface area contributed by atoms with Crippen molar-refractivity contribution in [3.63, 3.8) is 0 Å². The van der Waals surface area contributed by atoms with Crippen molar-refractivity contribution in [1.82, 2.24) is 15.1 Å². The maximum absolute atomic E-state index is 9.58. The van der Waals surface area contributed by atoms with Gasteiger partial charge < -0.3 is 9.80 Å². The molecule has 1 N–H and O–H groups in total. The van der Waals surface area contributed by atoms with Gasteiger partial charge in [0.05, 0.1) is 6.07 Å². The molecule has 2 atom stereocenters. The van der Waals surface area contributed by atoms with Crippen LogP contribution in [0.2, 0.25) is 0 Å². The second-order valence-electron chi connectivity index (χ2n) is 7.58. The van der Waals surface area contributed by atoms with E-state index in [-0.39, 0.29) is 5.54 Å². The fourth-order valence-electron chi connectivity index (χ4n) is 4.01. The van der Waals surface area contributed by atoms with Gasteiger partial charge in [-0.25, -0.2) is 0 Å². The van der Waals surface area contributed by atoms with E-state index in [0.29, 0.717) is 12.1 Å². The summed E-state index contributed by atoms with van der Waals surface area (Å²) in [7, 11) is 4.47. The maximum Gasteiger partial charge on any atom is 0.108 e. The molecule has 120 valence electrons. The van der Waals surface area contributed by atoms with E-state index in [9.17, 15) is 5.26 Å². The Morgan fingerprint density at radius 2 is 2.00 bits per heavy atom. The third kappa shape index (κ3) is 4.42. The molecule has 0 aromatic carbocycles. The number of nitrogens with one attached hydrogen (secondary N) is 1. The molecule has 2 fully saturated rings. The van der Waals surface area contributed by atoms with Crippen molar-refractivity contribution in [2.24, 2.45) is 5.92 Å². The molecule has 1 saturated carbocycles. The number of hydrogen-bond acceptors (Lipinski definition) is 4. The van der Waals surface area contributed by atoms with Gasteiger partial charge in [-0.1, -0.05) is 0 Å². The molecule has 0 radical (unpaired) electrons. The summed E-state index contributed by atoms with van der Waals surface area (Å²) in [4.78, 5) is 4.95. The van der Waals surface area contributed by atoms with Gasteiger partial charge in [-0.15, -0.1) is 0 Å². The van der Waals surface area contributed by atoms with E-state index >= 15 is 0 Å². The largest absolute Gasteiger partial charge is 0.306 e. The highest BCUT2D eigenvalue weighted by Gasteiger charge is 2.41. The Hall–Kier alpha value is -0.630. The minimum atomic E-state index is -0.292. The van der Waals surface area contributed by atoms with Crippen LogP contribution in [0.5, 0.6) is 0 Å². The maximum atomic E-state index is 9.58. The van der Waals surface area contributed by atoms with Crippen LogP contribution in [0.1, 0.15) is 46.0 Å². The van der Waals surface area contributed by atoms with E-state index in [2.05, 4.69) is 49.1 Å². The molecule has 0 amide bonds. The van der Waals surface area contributed by atoms with Gasteiger partial charge in [0.15, 0.2) is 0 Å². The molecule has 4 nitrogen and oxygen atoms in total. The molecule has 0 spiro atoms. The Morgan fingerprint density at radius 1 is 1.33 bits per heavy atom. The van der Waals surface area contributed by atoms with Gasteiger partial charge in [0, 0.05) is 18.6 Å². The van der Waals surface area contributed by atoms with Crippen molar-refractivity contribution < 1.29 is 0 Å². The van der Waals surface area contributed by atoms with Gasteiger partial charge in [0.1, 0.15) is 5.54 Å². The number of likely N-dealkylation sites (tertiary alicyclic amines) is 1. The van der Waals surface area contributed by atoms with Gasteiger partial charge in [0.2, 0.25) is 0 Å². The third-order valence-electron chi connectivity index (χ3n) is 5.28. The Labute approximate surface area is 130 Å². The second-order valence-corrected chi connectivity index (χ2v) is 7.58. The van der Waals surface area contributed by atoms with Crippen LogP contribution in [0.3, 0.4) is 0 Å².